The van der Waals surface area contributed by atoms with E-state index in [9.17, 15) is 0 Å². The first-order chi connectivity index (χ1) is 8.95. The fraction of sp³-hybridized carbons (Fsp3) is 0.533. The molecule has 0 aromatic heterocycles. The van der Waals surface area contributed by atoms with E-state index in [0.717, 1.165) is 30.5 Å². The molecule has 19 heavy (non-hydrogen) atoms. The minimum atomic E-state index is 0.148. The van der Waals surface area contributed by atoms with Crippen molar-refractivity contribution >= 4 is 5.84 Å². The molecule has 106 valence electrons. The second-order valence-electron chi connectivity index (χ2n) is 5.25. The second-order valence-corrected chi connectivity index (χ2v) is 5.25. The van der Waals surface area contributed by atoms with E-state index in [-0.39, 0.29) is 11.4 Å². The first-order valence-corrected chi connectivity index (χ1v) is 6.78. The highest BCUT2D eigenvalue weighted by atomic mass is 16.4. The standard InChI is InChI=1S/C15H25N3O/c1-5-15(4,6-2)17-10-13-8-7-12(9-11(13)3)14(16)18-19/h7-9,17,19H,5-6,10H2,1-4H3,(H2,16,18). The van der Waals surface area contributed by atoms with Crippen molar-refractivity contribution in [3.05, 3.63) is 34.9 Å². The molecule has 1 aromatic carbocycles. The van der Waals surface area contributed by atoms with Gasteiger partial charge in [0.05, 0.1) is 0 Å². The van der Waals surface area contributed by atoms with Crippen LogP contribution in [0.1, 0.15) is 50.3 Å². The molecule has 0 radical (unpaired) electrons. The van der Waals surface area contributed by atoms with E-state index >= 15 is 0 Å². The van der Waals surface area contributed by atoms with E-state index in [2.05, 4.69) is 31.2 Å². The Labute approximate surface area is 115 Å². The van der Waals surface area contributed by atoms with Crippen LogP contribution in [0.3, 0.4) is 0 Å². The first-order valence-electron chi connectivity index (χ1n) is 6.78. The zero-order chi connectivity index (χ0) is 14.5. The Hall–Kier alpha value is -1.55. The van der Waals surface area contributed by atoms with Gasteiger partial charge in [-0.25, -0.2) is 0 Å². The summed E-state index contributed by atoms with van der Waals surface area (Å²) in [5, 5.41) is 15.3. The van der Waals surface area contributed by atoms with E-state index < -0.39 is 0 Å². The van der Waals surface area contributed by atoms with Gasteiger partial charge in [-0.1, -0.05) is 31.1 Å². The van der Waals surface area contributed by atoms with Crippen LogP contribution in [0.4, 0.5) is 0 Å². The Morgan fingerprint density at radius 1 is 1.37 bits per heavy atom. The van der Waals surface area contributed by atoms with Crippen LogP contribution in [0.15, 0.2) is 23.4 Å². The number of nitrogens with two attached hydrogens (primary N) is 1. The van der Waals surface area contributed by atoms with Gasteiger partial charge in [0.1, 0.15) is 0 Å². The van der Waals surface area contributed by atoms with Gasteiger partial charge in [0.25, 0.3) is 0 Å². The van der Waals surface area contributed by atoms with Gasteiger partial charge in [-0.05, 0) is 43.9 Å². The van der Waals surface area contributed by atoms with Crippen LogP contribution >= 0.6 is 0 Å². The molecule has 0 atom stereocenters. The summed E-state index contributed by atoms with van der Waals surface area (Å²) in [7, 11) is 0. The quantitative estimate of drug-likeness (QED) is 0.320. The van der Waals surface area contributed by atoms with Crippen molar-refractivity contribution in [3.63, 3.8) is 0 Å². The minimum absolute atomic E-state index is 0.148. The van der Waals surface area contributed by atoms with Gasteiger partial charge < -0.3 is 16.3 Å². The lowest BCUT2D eigenvalue weighted by atomic mass is 9.94. The van der Waals surface area contributed by atoms with Crippen molar-refractivity contribution in [1.82, 2.24) is 5.32 Å². The van der Waals surface area contributed by atoms with Gasteiger partial charge in [-0.3, -0.25) is 0 Å². The summed E-state index contributed by atoms with van der Waals surface area (Å²) in [6.07, 6.45) is 2.20. The SMILES string of the molecule is CCC(C)(CC)NCc1ccc(/C(N)=N/O)cc1C. The number of hydrogen-bond acceptors (Lipinski definition) is 3. The summed E-state index contributed by atoms with van der Waals surface area (Å²) in [5.41, 5.74) is 8.89. The fourth-order valence-corrected chi connectivity index (χ4v) is 1.92. The van der Waals surface area contributed by atoms with Crippen LogP contribution in [-0.2, 0) is 6.54 Å². The number of hydrogen-bond donors (Lipinski definition) is 3. The molecule has 0 heterocycles. The largest absolute Gasteiger partial charge is 0.409 e. The van der Waals surface area contributed by atoms with Crippen LogP contribution in [0.25, 0.3) is 0 Å². The van der Waals surface area contributed by atoms with E-state index in [1.54, 1.807) is 0 Å². The van der Waals surface area contributed by atoms with Crippen LogP contribution < -0.4 is 11.1 Å². The molecule has 0 amide bonds. The molecular formula is C15H25N3O. The molecule has 1 rings (SSSR count). The summed E-state index contributed by atoms with van der Waals surface area (Å²) in [5.74, 6) is 0.148. The molecule has 4 N–H and O–H groups in total. The van der Waals surface area contributed by atoms with Gasteiger partial charge in [0.2, 0.25) is 0 Å². The molecule has 0 saturated carbocycles. The molecule has 1 aromatic rings. The van der Waals surface area contributed by atoms with Crippen LogP contribution in [0, 0.1) is 6.92 Å². The molecule has 0 saturated heterocycles. The predicted molar refractivity (Wildman–Crippen MR) is 79.5 cm³/mol. The molecule has 4 heteroatoms. The Bertz CT molecular complexity index is 451. The van der Waals surface area contributed by atoms with Crippen molar-refractivity contribution < 1.29 is 5.21 Å². The molecule has 0 aliphatic carbocycles. The highest BCUT2D eigenvalue weighted by Crippen LogP contribution is 2.17. The Morgan fingerprint density at radius 3 is 2.47 bits per heavy atom. The van der Waals surface area contributed by atoms with Crippen molar-refractivity contribution in [2.24, 2.45) is 10.9 Å². The van der Waals surface area contributed by atoms with E-state index in [1.165, 1.54) is 5.56 Å². The molecule has 4 nitrogen and oxygen atoms in total. The maximum atomic E-state index is 8.67. The maximum Gasteiger partial charge on any atom is 0.170 e. The molecule has 0 aliphatic heterocycles. The highest BCUT2D eigenvalue weighted by Gasteiger charge is 2.18. The third kappa shape index (κ3) is 3.96. The number of nitrogens with one attached hydrogen (secondary N) is 1. The molecular weight excluding hydrogens is 238 g/mol. The normalized spacial score (nSPS) is 12.7. The van der Waals surface area contributed by atoms with E-state index in [0.29, 0.717) is 0 Å². The third-order valence-electron chi connectivity index (χ3n) is 4.01. The summed E-state index contributed by atoms with van der Waals surface area (Å²) in [4.78, 5) is 0. The number of benzene rings is 1. The van der Waals surface area contributed by atoms with Gasteiger partial charge in [0.15, 0.2) is 5.84 Å². The van der Waals surface area contributed by atoms with Crippen molar-refractivity contribution in [1.29, 1.82) is 0 Å². The van der Waals surface area contributed by atoms with Crippen molar-refractivity contribution in [2.45, 2.75) is 52.6 Å². The monoisotopic (exact) mass is 263 g/mol. The van der Waals surface area contributed by atoms with Gasteiger partial charge in [-0.15, -0.1) is 0 Å². The summed E-state index contributed by atoms with van der Waals surface area (Å²) < 4.78 is 0. The van der Waals surface area contributed by atoms with Crippen LogP contribution in [0.2, 0.25) is 0 Å². The summed E-state index contributed by atoms with van der Waals surface area (Å²) in [6.45, 7) is 9.52. The number of oxime groups is 1. The second kappa shape index (κ2) is 6.57. The molecule has 0 unspecified atom stereocenters. The zero-order valence-corrected chi connectivity index (χ0v) is 12.3. The minimum Gasteiger partial charge on any atom is -0.409 e. The smallest absolute Gasteiger partial charge is 0.170 e. The summed E-state index contributed by atoms with van der Waals surface area (Å²) in [6, 6.07) is 5.86. The maximum absolute atomic E-state index is 8.67. The van der Waals surface area contributed by atoms with Gasteiger partial charge >= 0.3 is 0 Å². The molecule has 0 spiro atoms. The number of rotatable bonds is 6. The highest BCUT2D eigenvalue weighted by molar-refractivity contribution is 5.97. The summed E-state index contributed by atoms with van der Waals surface area (Å²) >= 11 is 0. The number of nitrogens with zero attached hydrogens (tertiary/aromatic N) is 1. The molecule has 0 bridgehead atoms. The number of aryl methyl sites for hydroxylation is 1. The van der Waals surface area contributed by atoms with Crippen molar-refractivity contribution in [2.75, 3.05) is 0 Å². The lowest BCUT2D eigenvalue weighted by Gasteiger charge is -2.28. The van der Waals surface area contributed by atoms with Crippen molar-refractivity contribution in [3.8, 4) is 0 Å². The Kier molecular flexibility index (Phi) is 5.36. The van der Waals surface area contributed by atoms with Gasteiger partial charge in [0, 0.05) is 17.6 Å². The molecule has 0 aliphatic rings. The Morgan fingerprint density at radius 2 is 2.00 bits per heavy atom. The topological polar surface area (TPSA) is 70.6 Å². The lowest BCUT2D eigenvalue weighted by molar-refractivity contribution is 0.318. The predicted octanol–water partition coefficient (Wildman–Crippen LogP) is 2.76. The van der Waals surface area contributed by atoms with E-state index in [4.69, 9.17) is 10.9 Å². The Balaban J connectivity index is 2.81. The average Bonchev–Trinajstić information content (AvgIpc) is 2.44. The van der Waals surface area contributed by atoms with E-state index in [1.807, 2.05) is 25.1 Å². The number of amidine groups is 1. The molecule has 0 fully saturated rings. The average molecular weight is 263 g/mol. The zero-order valence-electron chi connectivity index (χ0n) is 12.3. The van der Waals surface area contributed by atoms with Crippen LogP contribution in [-0.4, -0.2) is 16.6 Å². The lowest BCUT2D eigenvalue weighted by Crippen LogP contribution is -2.40. The fourth-order valence-electron chi connectivity index (χ4n) is 1.92. The van der Waals surface area contributed by atoms with Crippen LogP contribution in [0.5, 0.6) is 0 Å². The van der Waals surface area contributed by atoms with Gasteiger partial charge in [-0.2, -0.15) is 0 Å². The first kappa shape index (κ1) is 15.5. The third-order valence-corrected chi connectivity index (χ3v) is 4.01.